The van der Waals surface area contributed by atoms with Gasteiger partial charge in [0.05, 0.1) is 0 Å². The molecular weight excluding hydrogens is 216 g/mol. The van der Waals surface area contributed by atoms with Crippen LogP contribution in [0.5, 0.6) is 0 Å². The van der Waals surface area contributed by atoms with Crippen LogP contribution >= 0.6 is 0 Å². The molecule has 0 radical (unpaired) electrons. The molecule has 0 unspecified atom stereocenters. The van der Waals surface area contributed by atoms with E-state index in [4.69, 9.17) is 5.73 Å². The maximum Gasteiger partial charge on any atom is 0.230 e. The number of aromatic nitrogens is 4. The molecule has 0 saturated heterocycles. The van der Waals surface area contributed by atoms with Gasteiger partial charge in [-0.3, -0.25) is 4.98 Å². The summed E-state index contributed by atoms with van der Waals surface area (Å²) in [4.78, 5) is 18.4. The van der Waals surface area contributed by atoms with Gasteiger partial charge in [-0.05, 0) is 18.6 Å². The predicted octanol–water partition coefficient (Wildman–Crippen LogP) is 0.890. The van der Waals surface area contributed by atoms with E-state index in [9.17, 15) is 0 Å². The summed E-state index contributed by atoms with van der Waals surface area (Å²) in [5.74, 6) is 1.30. The van der Waals surface area contributed by atoms with Crippen LogP contribution in [0.25, 0.3) is 11.4 Å². The summed E-state index contributed by atoms with van der Waals surface area (Å²) in [6.45, 7) is 1.98. The quantitative estimate of drug-likeness (QED) is 0.825. The Balaban J connectivity index is 2.56. The lowest BCUT2D eigenvalue weighted by Crippen LogP contribution is -2.15. The van der Waals surface area contributed by atoms with Crippen molar-refractivity contribution in [3.63, 3.8) is 0 Å². The summed E-state index contributed by atoms with van der Waals surface area (Å²) < 4.78 is 0. The van der Waals surface area contributed by atoms with Crippen molar-refractivity contribution in [2.45, 2.75) is 6.92 Å². The molecule has 0 fully saturated rings. The molecule has 2 rings (SSSR count). The van der Waals surface area contributed by atoms with Crippen molar-refractivity contribution in [1.29, 1.82) is 0 Å². The third-order valence-electron chi connectivity index (χ3n) is 2.32. The van der Waals surface area contributed by atoms with Crippen LogP contribution < -0.4 is 10.6 Å². The van der Waals surface area contributed by atoms with Gasteiger partial charge in [0.1, 0.15) is 0 Å². The number of nitrogens with two attached hydrogens (primary N) is 1. The molecule has 88 valence electrons. The lowest BCUT2D eigenvalue weighted by Gasteiger charge is -2.11. The zero-order valence-electron chi connectivity index (χ0n) is 10.0. The summed E-state index contributed by atoms with van der Waals surface area (Å²) in [5, 5.41) is 0. The lowest BCUT2D eigenvalue weighted by atomic mass is 10.1. The highest BCUT2D eigenvalue weighted by molar-refractivity contribution is 5.60. The molecule has 2 aromatic heterocycles. The Morgan fingerprint density at radius 1 is 1.18 bits per heavy atom. The van der Waals surface area contributed by atoms with Crippen LogP contribution in [0.4, 0.5) is 11.9 Å². The molecule has 0 aliphatic heterocycles. The second-order valence-corrected chi connectivity index (χ2v) is 3.90. The van der Waals surface area contributed by atoms with Crippen LogP contribution in [0, 0.1) is 6.92 Å². The molecule has 2 heterocycles. The van der Waals surface area contributed by atoms with Crippen LogP contribution in [0.15, 0.2) is 18.5 Å². The topological polar surface area (TPSA) is 80.8 Å². The summed E-state index contributed by atoms with van der Waals surface area (Å²) in [6, 6.07) is 1.91. The molecular formula is C11H14N6. The SMILES string of the molecule is Cc1ccncc1-c1nc(N)nc(N(C)C)n1. The van der Waals surface area contributed by atoms with Crippen molar-refractivity contribution in [2.75, 3.05) is 24.7 Å². The Labute approximate surface area is 99.6 Å². The fourth-order valence-electron chi connectivity index (χ4n) is 1.40. The molecule has 0 aliphatic carbocycles. The van der Waals surface area contributed by atoms with Gasteiger partial charge < -0.3 is 10.6 Å². The first-order valence-corrected chi connectivity index (χ1v) is 5.18. The van der Waals surface area contributed by atoms with Gasteiger partial charge in [0.2, 0.25) is 11.9 Å². The fourth-order valence-corrected chi connectivity index (χ4v) is 1.40. The third kappa shape index (κ3) is 2.30. The fraction of sp³-hybridized carbons (Fsp3) is 0.273. The van der Waals surface area contributed by atoms with E-state index in [2.05, 4.69) is 19.9 Å². The Bertz CT molecular complexity index is 537. The lowest BCUT2D eigenvalue weighted by molar-refractivity contribution is 0.968. The van der Waals surface area contributed by atoms with Crippen LogP contribution in [0.2, 0.25) is 0 Å². The summed E-state index contributed by atoms with van der Waals surface area (Å²) in [5.41, 5.74) is 7.59. The molecule has 0 bridgehead atoms. The van der Waals surface area contributed by atoms with Gasteiger partial charge in [-0.25, -0.2) is 0 Å². The molecule has 0 amide bonds. The monoisotopic (exact) mass is 230 g/mol. The Morgan fingerprint density at radius 3 is 2.59 bits per heavy atom. The van der Waals surface area contributed by atoms with Crippen molar-refractivity contribution >= 4 is 11.9 Å². The van der Waals surface area contributed by atoms with Gasteiger partial charge >= 0.3 is 0 Å². The summed E-state index contributed by atoms with van der Waals surface area (Å²) in [7, 11) is 3.71. The van der Waals surface area contributed by atoms with E-state index < -0.39 is 0 Å². The minimum absolute atomic E-state index is 0.210. The molecule has 0 atom stereocenters. The minimum Gasteiger partial charge on any atom is -0.368 e. The Kier molecular flexibility index (Phi) is 2.86. The van der Waals surface area contributed by atoms with Crippen LogP contribution in [-0.4, -0.2) is 34.0 Å². The van der Waals surface area contributed by atoms with Crippen molar-refractivity contribution in [1.82, 2.24) is 19.9 Å². The van der Waals surface area contributed by atoms with Gasteiger partial charge in [0.25, 0.3) is 0 Å². The van der Waals surface area contributed by atoms with E-state index in [0.29, 0.717) is 11.8 Å². The predicted molar refractivity (Wildman–Crippen MR) is 66.5 cm³/mol. The Hall–Kier alpha value is -2.24. The normalized spacial score (nSPS) is 10.3. The van der Waals surface area contributed by atoms with Crippen LogP contribution in [0.3, 0.4) is 0 Å². The number of hydrogen-bond acceptors (Lipinski definition) is 6. The van der Waals surface area contributed by atoms with Crippen molar-refractivity contribution < 1.29 is 0 Å². The number of aryl methyl sites for hydroxylation is 1. The van der Waals surface area contributed by atoms with E-state index in [0.717, 1.165) is 11.1 Å². The number of anilines is 2. The van der Waals surface area contributed by atoms with E-state index in [1.54, 1.807) is 17.3 Å². The molecule has 6 nitrogen and oxygen atoms in total. The molecule has 0 aliphatic rings. The highest BCUT2D eigenvalue weighted by Gasteiger charge is 2.10. The first-order chi connectivity index (χ1) is 8.08. The van der Waals surface area contributed by atoms with Gasteiger partial charge in [-0.2, -0.15) is 15.0 Å². The second kappa shape index (κ2) is 4.32. The number of nitrogen functional groups attached to an aromatic ring is 1. The molecule has 17 heavy (non-hydrogen) atoms. The summed E-state index contributed by atoms with van der Waals surface area (Å²) >= 11 is 0. The van der Waals surface area contributed by atoms with Gasteiger partial charge in [-0.15, -0.1) is 0 Å². The average Bonchev–Trinajstić information content (AvgIpc) is 2.28. The van der Waals surface area contributed by atoms with Gasteiger partial charge in [0, 0.05) is 32.1 Å². The first kappa shape index (κ1) is 11.3. The zero-order valence-corrected chi connectivity index (χ0v) is 10.0. The van der Waals surface area contributed by atoms with Crippen LogP contribution in [-0.2, 0) is 0 Å². The van der Waals surface area contributed by atoms with E-state index >= 15 is 0 Å². The number of nitrogens with zero attached hydrogens (tertiary/aromatic N) is 5. The van der Waals surface area contributed by atoms with Crippen molar-refractivity contribution in [3.8, 4) is 11.4 Å². The second-order valence-electron chi connectivity index (χ2n) is 3.90. The number of rotatable bonds is 2. The molecule has 0 aromatic carbocycles. The van der Waals surface area contributed by atoms with E-state index in [-0.39, 0.29) is 5.95 Å². The maximum atomic E-state index is 5.68. The van der Waals surface area contributed by atoms with Gasteiger partial charge in [-0.1, -0.05) is 0 Å². The number of pyridine rings is 1. The zero-order chi connectivity index (χ0) is 12.4. The van der Waals surface area contributed by atoms with Crippen molar-refractivity contribution in [2.24, 2.45) is 0 Å². The highest BCUT2D eigenvalue weighted by Crippen LogP contribution is 2.20. The van der Waals surface area contributed by atoms with Crippen molar-refractivity contribution in [3.05, 3.63) is 24.0 Å². The van der Waals surface area contributed by atoms with E-state index in [1.165, 1.54) is 0 Å². The highest BCUT2D eigenvalue weighted by atomic mass is 15.3. The standard InChI is InChI=1S/C11H14N6/c1-7-4-5-13-6-8(7)9-14-10(12)16-11(15-9)17(2)3/h4-6H,1-3H3,(H2,12,14,15,16). The minimum atomic E-state index is 0.210. The molecule has 2 N–H and O–H groups in total. The van der Waals surface area contributed by atoms with Crippen LogP contribution in [0.1, 0.15) is 5.56 Å². The molecule has 0 saturated carbocycles. The molecule has 6 heteroatoms. The largest absolute Gasteiger partial charge is 0.368 e. The summed E-state index contributed by atoms with van der Waals surface area (Å²) in [6.07, 6.45) is 3.46. The molecule has 0 spiro atoms. The first-order valence-electron chi connectivity index (χ1n) is 5.18. The van der Waals surface area contributed by atoms with Gasteiger partial charge in [0.15, 0.2) is 5.82 Å². The number of hydrogen-bond donors (Lipinski definition) is 1. The van der Waals surface area contributed by atoms with E-state index in [1.807, 2.05) is 27.1 Å². The molecule has 2 aromatic rings. The smallest absolute Gasteiger partial charge is 0.230 e. The Morgan fingerprint density at radius 2 is 1.94 bits per heavy atom. The average molecular weight is 230 g/mol. The maximum absolute atomic E-state index is 5.68. The third-order valence-corrected chi connectivity index (χ3v) is 2.32.